The van der Waals surface area contributed by atoms with Crippen LogP contribution in [0.15, 0.2) is 36.9 Å². The zero-order chi connectivity index (χ0) is 16.5. The quantitative estimate of drug-likeness (QED) is 0.768. The van der Waals surface area contributed by atoms with Gasteiger partial charge in [-0.1, -0.05) is 0 Å². The molecule has 0 bridgehead atoms. The van der Waals surface area contributed by atoms with Crippen molar-refractivity contribution < 1.29 is 4.79 Å². The minimum absolute atomic E-state index is 0.0375. The van der Waals surface area contributed by atoms with Crippen LogP contribution in [0.1, 0.15) is 23.2 Å². The third-order valence-corrected chi connectivity index (χ3v) is 4.50. The summed E-state index contributed by atoms with van der Waals surface area (Å²) in [6.45, 7) is 1.81. The monoisotopic (exact) mass is 324 g/mol. The molecule has 1 atom stereocenters. The Balaban J connectivity index is 1.44. The van der Waals surface area contributed by atoms with E-state index in [1.807, 2.05) is 37.6 Å². The van der Waals surface area contributed by atoms with E-state index in [2.05, 4.69) is 25.3 Å². The van der Waals surface area contributed by atoms with Gasteiger partial charge in [0, 0.05) is 37.9 Å². The van der Waals surface area contributed by atoms with Gasteiger partial charge in [0.2, 0.25) is 0 Å². The predicted octanol–water partition coefficient (Wildman–Crippen LogP) is 1.70. The number of H-pyrrole nitrogens is 1. The first-order chi connectivity index (χ1) is 11.7. The Hall–Kier alpha value is -2.83. The maximum atomic E-state index is 12.5. The van der Waals surface area contributed by atoms with E-state index in [1.54, 1.807) is 11.0 Å². The van der Waals surface area contributed by atoms with Crippen molar-refractivity contribution in [2.45, 2.75) is 18.9 Å². The molecule has 2 aromatic heterocycles. The van der Waals surface area contributed by atoms with E-state index in [0.717, 1.165) is 42.7 Å². The lowest BCUT2D eigenvalue weighted by Crippen LogP contribution is -2.47. The summed E-state index contributed by atoms with van der Waals surface area (Å²) in [5.41, 5.74) is 3.51. The fourth-order valence-electron chi connectivity index (χ4n) is 3.25. The summed E-state index contributed by atoms with van der Waals surface area (Å²) in [5.74, 6) is -0.0375. The average molecular weight is 324 g/mol. The molecule has 2 N–H and O–H groups in total. The molecule has 1 fully saturated rings. The van der Waals surface area contributed by atoms with E-state index in [4.69, 9.17) is 0 Å². The van der Waals surface area contributed by atoms with Crippen LogP contribution in [0.25, 0.3) is 11.0 Å². The van der Waals surface area contributed by atoms with Crippen molar-refractivity contribution in [3.05, 3.63) is 42.5 Å². The number of aryl methyl sites for hydroxylation is 1. The highest BCUT2D eigenvalue weighted by Gasteiger charge is 2.23. The second-order valence-electron chi connectivity index (χ2n) is 6.27. The summed E-state index contributed by atoms with van der Waals surface area (Å²) < 4.78 is 1.80. The molecule has 0 aliphatic carbocycles. The van der Waals surface area contributed by atoms with Crippen LogP contribution >= 0.6 is 0 Å². The van der Waals surface area contributed by atoms with Crippen LogP contribution in [0.2, 0.25) is 0 Å². The minimum Gasteiger partial charge on any atom is -0.367 e. The van der Waals surface area contributed by atoms with Crippen LogP contribution in [0.5, 0.6) is 0 Å². The van der Waals surface area contributed by atoms with Gasteiger partial charge in [0.1, 0.15) is 0 Å². The van der Waals surface area contributed by atoms with Gasteiger partial charge in [0.05, 0.1) is 29.2 Å². The zero-order valence-corrected chi connectivity index (χ0v) is 13.6. The van der Waals surface area contributed by atoms with E-state index in [-0.39, 0.29) is 11.9 Å². The normalized spacial score (nSPS) is 18.0. The summed E-state index contributed by atoms with van der Waals surface area (Å²) in [7, 11) is 1.91. The average Bonchev–Trinajstić information content (AvgIpc) is 3.23. The molecule has 7 nitrogen and oxygen atoms in total. The molecule has 0 saturated carbocycles. The molecule has 1 aromatic carbocycles. The van der Waals surface area contributed by atoms with Crippen LogP contribution in [0, 0.1) is 0 Å². The minimum atomic E-state index is -0.0375. The van der Waals surface area contributed by atoms with Gasteiger partial charge in [-0.15, -0.1) is 0 Å². The first-order valence-corrected chi connectivity index (χ1v) is 8.16. The maximum Gasteiger partial charge on any atom is 0.251 e. The lowest BCUT2D eigenvalue weighted by Gasteiger charge is -2.33. The molecule has 1 saturated heterocycles. The zero-order valence-electron chi connectivity index (χ0n) is 13.6. The maximum absolute atomic E-state index is 12.5. The molecule has 0 radical (unpaired) electrons. The van der Waals surface area contributed by atoms with Crippen molar-refractivity contribution in [2.75, 3.05) is 18.0 Å². The van der Waals surface area contributed by atoms with Gasteiger partial charge in [0.15, 0.2) is 0 Å². The Kier molecular flexibility index (Phi) is 3.68. The number of hydrogen-bond donors (Lipinski definition) is 2. The van der Waals surface area contributed by atoms with Gasteiger partial charge in [-0.3, -0.25) is 9.48 Å². The Morgan fingerprint density at radius 2 is 2.33 bits per heavy atom. The number of imidazole rings is 1. The number of nitrogens with zero attached hydrogens (tertiary/aromatic N) is 4. The molecule has 0 spiro atoms. The number of carbonyl (C=O) groups is 1. The standard InChI is InChI=1S/C17H20N6O/c1-22-10-14(8-20-22)23-6-2-3-13(9-23)21-17(24)12-4-5-15-16(7-12)19-11-18-15/h4-5,7-8,10-11,13H,2-3,6,9H2,1H3,(H,18,19)(H,21,24)/t13-/m1/s1. The molecular weight excluding hydrogens is 304 g/mol. The fourth-order valence-corrected chi connectivity index (χ4v) is 3.25. The second kappa shape index (κ2) is 5.99. The van der Waals surface area contributed by atoms with Gasteiger partial charge in [-0.25, -0.2) is 4.98 Å². The summed E-state index contributed by atoms with van der Waals surface area (Å²) in [4.78, 5) is 22.0. The Labute approximate surface area is 139 Å². The van der Waals surface area contributed by atoms with E-state index in [0.29, 0.717) is 5.56 Å². The summed E-state index contributed by atoms with van der Waals surface area (Å²) in [5, 5.41) is 7.38. The molecule has 3 aromatic rings. The summed E-state index contributed by atoms with van der Waals surface area (Å²) in [6, 6.07) is 5.67. The lowest BCUT2D eigenvalue weighted by molar-refractivity contribution is 0.0933. The van der Waals surface area contributed by atoms with Gasteiger partial charge >= 0.3 is 0 Å². The highest BCUT2D eigenvalue weighted by molar-refractivity contribution is 5.97. The molecule has 124 valence electrons. The van der Waals surface area contributed by atoms with Crippen molar-refractivity contribution >= 4 is 22.6 Å². The fraction of sp³-hybridized carbons (Fsp3) is 0.353. The highest BCUT2D eigenvalue weighted by atomic mass is 16.1. The predicted molar refractivity (Wildman–Crippen MR) is 92.0 cm³/mol. The Morgan fingerprint density at radius 1 is 1.42 bits per heavy atom. The first-order valence-electron chi connectivity index (χ1n) is 8.16. The largest absolute Gasteiger partial charge is 0.367 e. The third-order valence-electron chi connectivity index (χ3n) is 4.50. The van der Waals surface area contributed by atoms with Crippen LogP contribution in [-0.4, -0.2) is 44.8 Å². The molecule has 1 aliphatic rings. The summed E-state index contributed by atoms with van der Waals surface area (Å²) >= 11 is 0. The van der Waals surface area contributed by atoms with Crippen LogP contribution in [0.3, 0.4) is 0 Å². The van der Waals surface area contributed by atoms with E-state index in [1.165, 1.54) is 0 Å². The third kappa shape index (κ3) is 2.84. The topological polar surface area (TPSA) is 78.8 Å². The van der Waals surface area contributed by atoms with Crippen molar-refractivity contribution in [1.82, 2.24) is 25.1 Å². The van der Waals surface area contributed by atoms with Crippen molar-refractivity contribution in [2.24, 2.45) is 7.05 Å². The smallest absolute Gasteiger partial charge is 0.251 e. The van der Waals surface area contributed by atoms with Crippen LogP contribution < -0.4 is 10.2 Å². The van der Waals surface area contributed by atoms with E-state index < -0.39 is 0 Å². The number of nitrogens with one attached hydrogen (secondary N) is 2. The SMILES string of the molecule is Cn1cc(N2CCC[C@@H](NC(=O)c3ccc4nc[nH]c4c3)C2)cn1. The second-order valence-corrected chi connectivity index (χ2v) is 6.27. The molecule has 4 rings (SSSR count). The number of fused-ring (bicyclic) bond motifs is 1. The number of amides is 1. The van der Waals surface area contributed by atoms with Crippen LogP contribution in [-0.2, 0) is 7.05 Å². The Bertz CT molecular complexity index is 867. The molecule has 0 unspecified atom stereocenters. The van der Waals surface area contributed by atoms with Crippen molar-refractivity contribution in [3.63, 3.8) is 0 Å². The van der Waals surface area contributed by atoms with Crippen LogP contribution in [0.4, 0.5) is 5.69 Å². The number of carbonyl (C=O) groups excluding carboxylic acids is 1. The number of hydrogen-bond acceptors (Lipinski definition) is 4. The Morgan fingerprint density at radius 3 is 3.17 bits per heavy atom. The van der Waals surface area contributed by atoms with Gasteiger partial charge < -0.3 is 15.2 Å². The summed E-state index contributed by atoms with van der Waals surface area (Å²) in [6.07, 6.45) is 7.57. The number of aromatic nitrogens is 4. The number of anilines is 1. The number of benzene rings is 1. The number of piperidine rings is 1. The molecule has 1 amide bonds. The van der Waals surface area contributed by atoms with Gasteiger partial charge in [-0.05, 0) is 31.0 Å². The van der Waals surface area contributed by atoms with Crippen molar-refractivity contribution in [3.8, 4) is 0 Å². The first kappa shape index (κ1) is 14.7. The molecular formula is C17H20N6O. The van der Waals surface area contributed by atoms with E-state index in [9.17, 15) is 4.79 Å². The number of aromatic amines is 1. The molecule has 3 heterocycles. The highest BCUT2D eigenvalue weighted by Crippen LogP contribution is 2.19. The van der Waals surface area contributed by atoms with Crippen molar-refractivity contribution in [1.29, 1.82) is 0 Å². The number of rotatable bonds is 3. The van der Waals surface area contributed by atoms with Gasteiger partial charge in [0.25, 0.3) is 5.91 Å². The van der Waals surface area contributed by atoms with Gasteiger partial charge in [-0.2, -0.15) is 5.10 Å². The molecule has 1 aliphatic heterocycles. The lowest BCUT2D eigenvalue weighted by atomic mass is 10.0. The van der Waals surface area contributed by atoms with E-state index >= 15 is 0 Å². The molecule has 7 heteroatoms. The molecule has 24 heavy (non-hydrogen) atoms.